The number of aliphatic hydroxyl groups is 1. The minimum Gasteiger partial charge on any atom is -0.464 e. The van der Waals surface area contributed by atoms with E-state index >= 15 is 0 Å². The highest BCUT2D eigenvalue weighted by Crippen LogP contribution is 2.25. The molecule has 1 N–H and O–H groups in total. The molecule has 0 fully saturated rings. The van der Waals surface area contributed by atoms with Crippen molar-refractivity contribution in [1.29, 1.82) is 0 Å². The van der Waals surface area contributed by atoms with E-state index in [4.69, 9.17) is 4.42 Å². The smallest absolute Gasteiger partial charge is 0.133 e. The van der Waals surface area contributed by atoms with Crippen molar-refractivity contribution >= 4 is 5.69 Å². The summed E-state index contributed by atoms with van der Waals surface area (Å²) >= 11 is 0. The Morgan fingerprint density at radius 3 is 2.24 bits per heavy atom. The molecule has 1 heterocycles. The molecule has 2 aromatic rings. The molecule has 0 spiro atoms. The lowest BCUT2D eigenvalue weighted by atomic mass is 10.1. The van der Waals surface area contributed by atoms with Gasteiger partial charge in [0.15, 0.2) is 0 Å². The number of hydrogen-bond acceptors (Lipinski definition) is 3. The van der Waals surface area contributed by atoms with E-state index in [0.29, 0.717) is 0 Å². The zero-order valence-electron chi connectivity index (χ0n) is 10.3. The molecule has 0 saturated heterocycles. The van der Waals surface area contributed by atoms with Crippen molar-refractivity contribution in [2.75, 3.05) is 11.9 Å². The van der Waals surface area contributed by atoms with Gasteiger partial charge < -0.3 is 14.4 Å². The van der Waals surface area contributed by atoms with E-state index < -0.39 is 5.72 Å². The van der Waals surface area contributed by atoms with Gasteiger partial charge in [0.05, 0.1) is 6.26 Å². The maximum absolute atomic E-state index is 9.90. The van der Waals surface area contributed by atoms with E-state index in [2.05, 4.69) is 0 Å². The van der Waals surface area contributed by atoms with Crippen LogP contribution in [0.4, 0.5) is 5.69 Å². The number of anilines is 1. The summed E-state index contributed by atoms with van der Waals surface area (Å²) in [6, 6.07) is 11.7. The second-order valence-electron chi connectivity index (χ2n) is 4.58. The lowest BCUT2D eigenvalue weighted by molar-refractivity contribution is 0.0815. The second kappa shape index (κ2) is 4.26. The van der Waals surface area contributed by atoms with Crippen molar-refractivity contribution < 1.29 is 9.52 Å². The van der Waals surface area contributed by atoms with Gasteiger partial charge >= 0.3 is 0 Å². The summed E-state index contributed by atoms with van der Waals surface area (Å²) in [6.07, 6.45) is 1.66. The van der Waals surface area contributed by atoms with Crippen LogP contribution in [0.1, 0.15) is 13.8 Å². The van der Waals surface area contributed by atoms with Crippen LogP contribution in [0.25, 0.3) is 11.3 Å². The summed E-state index contributed by atoms with van der Waals surface area (Å²) in [6.45, 7) is 3.51. The monoisotopic (exact) mass is 231 g/mol. The summed E-state index contributed by atoms with van der Waals surface area (Å²) in [4.78, 5) is 1.82. The third-order valence-electron chi connectivity index (χ3n) is 2.88. The fraction of sp³-hybridized carbons (Fsp3) is 0.286. The van der Waals surface area contributed by atoms with Crippen LogP contribution in [-0.2, 0) is 0 Å². The van der Waals surface area contributed by atoms with E-state index in [9.17, 15) is 5.11 Å². The van der Waals surface area contributed by atoms with Gasteiger partial charge in [0.1, 0.15) is 11.5 Å². The van der Waals surface area contributed by atoms with Gasteiger partial charge in [0.2, 0.25) is 0 Å². The lowest BCUT2D eigenvalue weighted by Crippen LogP contribution is -2.40. The van der Waals surface area contributed by atoms with Gasteiger partial charge in [-0.15, -0.1) is 0 Å². The molecule has 0 atom stereocenters. The van der Waals surface area contributed by atoms with Gasteiger partial charge in [-0.05, 0) is 50.2 Å². The molecular formula is C14H17NO2. The summed E-state index contributed by atoms with van der Waals surface area (Å²) in [7, 11) is 1.86. The van der Waals surface area contributed by atoms with Gasteiger partial charge in [0, 0.05) is 18.3 Å². The molecule has 2 rings (SSSR count). The van der Waals surface area contributed by atoms with Gasteiger partial charge in [-0.3, -0.25) is 0 Å². The third-order valence-corrected chi connectivity index (χ3v) is 2.88. The summed E-state index contributed by atoms with van der Waals surface area (Å²) in [5, 5.41) is 9.90. The van der Waals surface area contributed by atoms with Crippen molar-refractivity contribution in [1.82, 2.24) is 0 Å². The number of benzene rings is 1. The van der Waals surface area contributed by atoms with Crippen LogP contribution in [-0.4, -0.2) is 17.9 Å². The molecule has 0 aliphatic carbocycles. The Hall–Kier alpha value is -1.74. The third kappa shape index (κ3) is 2.50. The Morgan fingerprint density at radius 1 is 1.12 bits per heavy atom. The van der Waals surface area contributed by atoms with Crippen molar-refractivity contribution in [3.63, 3.8) is 0 Å². The quantitative estimate of drug-likeness (QED) is 0.824. The first-order chi connectivity index (χ1) is 7.98. The molecule has 1 aromatic heterocycles. The zero-order chi connectivity index (χ0) is 12.5. The van der Waals surface area contributed by atoms with Crippen LogP contribution >= 0.6 is 0 Å². The van der Waals surface area contributed by atoms with Gasteiger partial charge in [-0.1, -0.05) is 0 Å². The second-order valence-corrected chi connectivity index (χ2v) is 4.58. The first kappa shape index (κ1) is 11.7. The fourth-order valence-corrected chi connectivity index (χ4v) is 1.61. The van der Waals surface area contributed by atoms with Crippen molar-refractivity contribution in [3.05, 3.63) is 42.7 Å². The first-order valence-corrected chi connectivity index (χ1v) is 5.58. The topological polar surface area (TPSA) is 36.6 Å². The van der Waals surface area contributed by atoms with E-state index in [1.54, 1.807) is 20.1 Å². The minimum absolute atomic E-state index is 0.850. The average Bonchev–Trinajstić information content (AvgIpc) is 2.80. The lowest BCUT2D eigenvalue weighted by Gasteiger charge is -2.32. The van der Waals surface area contributed by atoms with E-state index in [0.717, 1.165) is 17.0 Å². The molecule has 17 heavy (non-hydrogen) atoms. The molecule has 0 saturated carbocycles. The van der Waals surface area contributed by atoms with Gasteiger partial charge in [0.25, 0.3) is 0 Å². The largest absolute Gasteiger partial charge is 0.464 e. The number of furan rings is 1. The Balaban J connectivity index is 2.25. The highest BCUT2D eigenvalue weighted by molar-refractivity contribution is 5.62. The average molecular weight is 231 g/mol. The zero-order valence-corrected chi connectivity index (χ0v) is 10.3. The molecule has 0 bridgehead atoms. The molecule has 3 heteroatoms. The maximum Gasteiger partial charge on any atom is 0.133 e. The van der Waals surface area contributed by atoms with Crippen LogP contribution in [0.5, 0.6) is 0 Å². The van der Waals surface area contributed by atoms with E-state index in [-0.39, 0.29) is 0 Å². The first-order valence-electron chi connectivity index (χ1n) is 5.58. The Kier molecular flexibility index (Phi) is 2.94. The maximum atomic E-state index is 9.90. The van der Waals surface area contributed by atoms with Gasteiger partial charge in [-0.2, -0.15) is 0 Å². The predicted molar refractivity (Wildman–Crippen MR) is 68.8 cm³/mol. The number of rotatable bonds is 3. The molecule has 0 unspecified atom stereocenters. The van der Waals surface area contributed by atoms with Gasteiger partial charge in [-0.25, -0.2) is 0 Å². The standard InChI is InChI=1S/C14H17NO2/c1-14(2,16)15(3)12-8-6-11(7-9-12)13-5-4-10-17-13/h4-10,16H,1-3H3. The Labute approximate surface area is 101 Å². The molecule has 0 aliphatic rings. The highest BCUT2D eigenvalue weighted by Gasteiger charge is 2.19. The molecule has 0 radical (unpaired) electrons. The summed E-state index contributed by atoms with van der Waals surface area (Å²) in [5.74, 6) is 0.850. The predicted octanol–water partition coefficient (Wildman–Crippen LogP) is 3.11. The van der Waals surface area contributed by atoms with Crippen LogP contribution in [0, 0.1) is 0 Å². The highest BCUT2D eigenvalue weighted by atomic mass is 16.3. The Morgan fingerprint density at radius 2 is 1.76 bits per heavy atom. The summed E-state index contributed by atoms with van der Waals surface area (Å²) in [5.41, 5.74) is 1.13. The van der Waals surface area contributed by atoms with Crippen LogP contribution in [0.15, 0.2) is 47.1 Å². The molecule has 0 amide bonds. The van der Waals surface area contributed by atoms with E-state index in [1.165, 1.54) is 0 Å². The van der Waals surface area contributed by atoms with Crippen molar-refractivity contribution in [2.45, 2.75) is 19.6 Å². The summed E-state index contributed by atoms with van der Waals surface area (Å²) < 4.78 is 5.32. The normalized spacial score (nSPS) is 11.5. The Bertz CT molecular complexity index is 466. The van der Waals surface area contributed by atoms with Crippen LogP contribution in [0.2, 0.25) is 0 Å². The van der Waals surface area contributed by atoms with Crippen LogP contribution < -0.4 is 4.90 Å². The minimum atomic E-state index is -0.869. The van der Waals surface area contributed by atoms with Crippen LogP contribution in [0.3, 0.4) is 0 Å². The number of hydrogen-bond donors (Lipinski definition) is 1. The number of nitrogens with zero attached hydrogens (tertiary/aromatic N) is 1. The molecule has 90 valence electrons. The molecular weight excluding hydrogens is 214 g/mol. The van der Waals surface area contributed by atoms with E-state index in [1.807, 2.05) is 48.3 Å². The SMILES string of the molecule is CN(c1ccc(-c2ccco2)cc1)C(C)(C)O. The van der Waals surface area contributed by atoms with Crippen molar-refractivity contribution in [3.8, 4) is 11.3 Å². The van der Waals surface area contributed by atoms with Crippen molar-refractivity contribution in [2.24, 2.45) is 0 Å². The molecule has 0 aliphatic heterocycles. The molecule has 1 aromatic carbocycles. The molecule has 3 nitrogen and oxygen atoms in total. The fourth-order valence-electron chi connectivity index (χ4n) is 1.61.